The predicted octanol–water partition coefficient (Wildman–Crippen LogP) is 5.32. The van der Waals surface area contributed by atoms with Gasteiger partial charge >= 0.3 is 6.18 Å². The van der Waals surface area contributed by atoms with Gasteiger partial charge in [-0.3, -0.25) is 0 Å². The van der Waals surface area contributed by atoms with Gasteiger partial charge in [-0.25, -0.2) is 13.2 Å². The maximum Gasteiger partial charge on any atom is 0.417 e. The molecular weight excluding hydrogens is 386 g/mol. The van der Waals surface area contributed by atoms with Crippen molar-refractivity contribution >= 4 is 0 Å². The summed E-state index contributed by atoms with van der Waals surface area (Å²) in [4.78, 5) is 0. The predicted molar refractivity (Wildman–Crippen MR) is 91.7 cm³/mol. The molecular formula is C20H20F6O2. The van der Waals surface area contributed by atoms with Crippen molar-refractivity contribution in [2.45, 2.75) is 43.9 Å². The topological polar surface area (TPSA) is 29.5 Å². The van der Waals surface area contributed by atoms with E-state index in [-0.39, 0.29) is 16.9 Å². The van der Waals surface area contributed by atoms with E-state index in [4.69, 9.17) is 4.74 Å². The second-order valence-corrected chi connectivity index (χ2v) is 7.36. The van der Waals surface area contributed by atoms with Crippen molar-refractivity contribution in [3.63, 3.8) is 0 Å². The highest BCUT2D eigenvalue weighted by Gasteiger charge is 2.56. The third-order valence-corrected chi connectivity index (χ3v) is 4.63. The van der Waals surface area contributed by atoms with Gasteiger partial charge in [0.2, 0.25) is 0 Å². The molecule has 0 fully saturated rings. The van der Waals surface area contributed by atoms with Crippen molar-refractivity contribution in [3.8, 4) is 5.75 Å². The molecule has 0 amide bonds. The van der Waals surface area contributed by atoms with E-state index >= 15 is 0 Å². The fourth-order valence-corrected chi connectivity index (χ4v) is 3.29. The van der Waals surface area contributed by atoms with Gasteiger partial charge in [0.1, 0.15) is 11.6 Å². The minimum atomic E-state index is -5.07. The van der Waals surface area contributed by atoms with E-state index in [2.05, 4.69) is 0 Å². The van der Waals surface area contributed by atoms with Gasteiger partial charge in [-0.05, 0) is 47.7 Å². The van der Waals surface area contributed by atoms with E-state index in [1.165, 1.54) is 27.0 Å². The van der Waals surface area contributed by atoms with Crippen molar-refractivity contribution in [1.29, 1.82) is 0 Å². The monoisotopic (exact) mass is 406 g/mol. The lowest BCUT2D eigenvalue weighted by atomic mass is 9.72. The highest BCUT2D eigenvalue weighted by atomic mass is 19.4. The van der Waals surface area contributed by atoms with Crippen LogP contribution in [0.5, 0.6) is 5.75 Å². The number of ether oxygens (including phenoxy) is 1. The molecule has 0 bridgehead atoms. The molecule has 0 aromatic heterocycles. The van der Waals surface area contributed by atoms with Gasteiger partial charge < -0.3 is 9.84 Å². The molecule has 154 valence electrons. The lowest BCUT2D eigenvalue weighted by Gasteiger charge is -2.38. The molecule has 0 radical (unpaired) electrons. The van der Waals surface area contributed by atoms with Crippen LogP contribution in [0.3, 0.4) is 0 Å². The van der Waals surface area contributed by atoms with Crippen LogP contribution < -0.4 is 4.74 Å². The number of alkyl halides is 3. The standard InChI is InChI=1S/C20H20F6O2/c1-18(2,14-9-13(21)5-7-17(14)28-3)11-19(27,20(24,25)26)10-12-4-6-15(22)16(23)8-12/h4-9,27H,10-11H2,1-3H3. The van der Waals surface area contributed by atoms with Crippen LogP contribution in [0, 0.1) is 17.5 Å². The first kappa shape index (κ1) is 22.1. The maximum atomic E-state index is 13.8. The Balaban J connectivity index is 2.45. The third-order valence-electron chi connectivity index (χ3n) is 4.63. The molecule has 8 heteroatoms. The van der Waals surface area contributed by atoms with Gasteiger partial charge in [-0.15, -0.1) is 0 Å². The van der Waals surface area contributed by atoms with Crippen molar-refractivity contribution in [3.05, 3.63) is 65.0 Å². The third kappa shape index (κ3) is 4.60. The minimum absolute atomic E-state index is 0.142. The summed E-state index contributed by atoms with van der Waals surface area (Å²) in [5.41, 5.74) is -4.71. The number of hydrogen-bond acceptors (Lipinski definition) is 2. The van der Waals surface area contributed by atoms with E-state index in [0.717, 1.165) is 18.2 Å². The molecule has 2 nitrogen and oxygen atoms in total. The zero-order chi connectivity index (χ0) is 21.3. The molecule has 2 aromatic rings. The molecule has 0 aliphatic carbocycles. The molecule has 0 saturated heterocycles. The minimum Gasteiger partial charge on any atom is -0.496 e. The number of methoxy groups -OCH3 is 1. The van der Waals surface area contributed by atoms with Crippen LogP contribution in [0.4, 0.5) is 26.3 Å². The van der Waals surface area contributed by atoms with Gasteiger partial charge in [0.25, 0.3) is 0 Å². The average molecular weight is 406 g/mol. The molecule has 1 N–H and O–H groups in total. The Morgan fingerprint density at radius 2 is 1.57 bits per heavy atom. The second-order valence-electron chi connectivity index (χ2n) is 7.36. The number of rotatable bonds is 6. The number of halogens is 6. The molecule has 1 unspecified atom stereocenters. The van der Waals surface area contributed by atoms with Gasteiger partial charge in [0, 0.05) is 12.0 Å². The van der Waals surface area contributed by atoms with Crippen LogP contribution >= 0.6 is 0 Å². The zero-order valence-corrected chi connectivity index (χ0v) is 15.5. The number of benzene rings is 2. The molecule has 0 saturated carbocycles. The molecule has 0 aliphatic rings. The van der Waals surface area contributed by atoms with E-state index in [9.17, 15) is 31.4 Å². The van der Waals surface area contributed by atoms with Gasteiger partial charge in [-0.2, -0.15) is 13.2 Å². The summed E-state index contributed by atoms with van der Waals surface area (Å²) in [7, 11) is 1.30. The summed E-state index contributed by atoms with van der Waals surface area (Å²) in [6.07, 6.45) is -6.92. The van der Waals surface area contributed by atoms with Crippen molar-refractivity contribution in [2.75, 3.05) is 7.11 Å². The molecule has 0 aliphatic heterocycles. The second kappa shape index (κ2) is 7.66. The summed E-state index contributed by atoms with van der Waals surface area (Å²) >= 11 is 0. The molecule has 0 spiro atoms. The van der Waals surface area contributed by atoms with Gasteiger partial charge in [-0.1, -0.05) is 19.9 Å². The van der Waals surface area contributed by atoms with Crippen LogP contribution in [-0.2, 0) is 11.8 Å². The fourth-order valence-electron chi connectivity index (χ4n) is 3.29. The lowest BCUT2D eigenvalue weighted by molar-refractivity contribution is -0.266. The number of aliphatic hydroxyl groups is 1. The van der Waals surface area contributed by atoms with Crippen LogP contribution in [0.1, 0.15) is 31.4 Å². The van der Waals surface area contributed by atoms with Crippen molar-refractivity contribution < 1.29 is 36.2 Å². The quantitative estimate of drug-likeness (QED) is 0.659. The Bertz CT molecular complexity index is 847. The summed E-state index contributed by atoms with van der Waals surface area (Å²) < 4.78 is 86.5. The molecule has 1 atom stereocenters. The van der Waals surface area contributed by atoms with Gasteiger partial charge in [0.05, 0.1) is 7.11 Å². The highest BCUT2D eigenvalue weighted by Crippen LogP contribution is 2.45. The molecule has 2 rings (SSSR count). The van der Waals surface area contributed by atoms with E-state index in [1.807, 2.05) is 0 Å². The van der Waals surface area contributed by atoms with Crippen LogP contribution in [-0.4, -0.2) is 24.0 Å². The Morgan fingerprint density at radius 3 is 2.11 bits per heavy atom. The maximum absolute atomic E-state index is 13.8. The van der Waals surface area contributed by atoms with Crippen molar-refractivity contribution in [2.24, 2.45) is 0 Å². The fraction of sp³-hybridized carbons (Fsp3) is 0.400. The van der Waals surface area contributed by atoms with Crippen molar-refractivity contribution in [1.82, 2.24) is 0 Å². The van der Waals surface area contributed by atoms with Crippen LogP contribution in [0.2, 0.25) is 0 Å². The smallest absolute Gasteiger partial charge is 0.417 e. The highest BCUT2D eigenvalue weighted by molar-refractivity contribution is 5.40. The van der Waals surface area contributed by atoms with E-state index in [1.54, 1.807) is 0 Å². The van der Waals surface area contributed by atoms with E-state index < -0.39 is 47.5 Å². The van der Waals surface area contributed by atoms with Gasteiger partial charge in [0.15, 0.2) is 17.2 Å². The summed E-state index contributed by atoms with van der Waals surface area (Å²) in [5.74, 6) is -3.01. The molecule has 2 aromatic carbocycles. The first-order valence-corrected chi connectivity index (χ1v) is 8.36. The summed E-state index contributed by atoms with van der Waals surface area (Å²) in [6.45, 7) is 2.82. The first-order chi connectivity index (χ1) is 12.8. The number of hydrogen-bond donors (Lipinski definition) is 1. The molecule has 0 heterocycles. The molecule has 28 heavy (non-hydrogen) atoms. The Kier molecular flexibility index (Phi) is 6.04. The SMILES string of the molecule is COc1ccc(F)cc1C(C)(C)CC(O)(Cc1ccc(F)c(F)c1)C(F)(F)F. The zero-order valence-electron chi connectivity index (χ0n) is 15.5. The van der Waals surface area contributed by atoms with Crippen LogP contribution in [0.25, 0.3) is 0 Å². The Labute approximate surface area is 158 Å². The first-order valence-electron chi connectivity index (χ1n) is 8.36. The van der Waals surface area contributed by atoms with Crippen LogP contribution in [0.15, 0.2) is 36.4 Å². The normalized spacial score (nSPS) is 14.6. The summed E-state index contributed by atoms with van der Waals surface area (Å²) in [6, 6.07) is 5.73. The van der Waals surface area contributed by atoms with E-state index in [0.29, 0.717) is 12.1 Å². The summed E-state index contributed by atoms with van der Waals surface area (Å²) in [5, 5.41) is 10.5. The largest absolute Gasteiger partial charge is 0.496 e. The average Bonchev–Trinajstić information content (AvgIpc) is 2.56. The Hall–Kier alpha value is -2.22. The lowest BCUT2D eigenvalue weighted by Crippen LogP contribution is -2.50. The Morgan fingerprint density at radius 1 is 0.929 bits per heavy atom.